The average Bonchev–Trinajstić information content (AvgIpc) is 3.47. The maximum atomic E-state index is 13.4. The van der Waals surface area contributed by atoms with Crippen LogP contribution in [0.5, 0.6) is 0 Å². The first-order valence-corrected chi connectivity index (χ1v) is 10.5. The van der Waals surface area contributed by atoms with Crippen LogP contribution in [-0.4, -0.2) is 51.8 Å². The third-order valence-electron chi connectivity index (χ3n) is 5.97. The molecule has 2 unspecified atom stereocenters. The van der Waals surface area contributed by atoms with Gasteiger partial charge in [0.05, 0.1) is 53.6 Å². The molecule has 0 saturated heterocycles. The van der Waals surface area contributed by atoms with Crippen molar-refractivity contribution in [2.24, 2.45) is 10.4 Å². The van der Waals surface area contributed by atoms with Gasteiger partial charge in [0.15, 0.2) is 0 Å². The highest BCUT2D eigenvalue weighted by Crippen LogP contribution is 2.62. The predicted molar refractivity (Wildman–Crippen MR) is 109 cm³/mol. The molecule has 2 heterocycles. The zero-order chi connectivity index (χ0) is 22.1. The Hall–Kier alpha value is -1.80. The van der Waals surface area contributed by atoms with Crippen LogP contribution in [0.3, 0.4) is 0 Å². The lowest BCUT2D eigenvalue weighted by Gasteiger charge is -2.23. The number of aliphatic hydroxyl groups is 1. The van der Waals surface area contributed by atoms with Gasteiger partial charge >= 0.3 is 6.18 Å². The van der Waals surface area contributed by atoms with E-state index in [0.29, 0.717) is 23.5 Å². The van der Waals surface area contributed by atoms with Gasteiger partial charge in [-0.2, -0.15) is 13.2 Å². The first-order chi connectivity index (χ1) is 14.1. The van der Waals surface area contributed by atoms with Gasteiger partial charge in [-0.1, -0.05) is 5.57 Å². The molecule has 3 rings (SSSR count). The number of ether oxygens (including phenoxy) is 1. The number of nitrogens with zero attached hydrogens (tertiary/aromatic N) is 3. The van der Waals surface area contributed by atoms with Crippen LogP contribution in [0.25, 0.3) is 6.08 Å². The Bertz CT molecular complexity index is 829. The van der Waals surface area contributed by atoms with Crippen LogP contribution < -0.4 is 0 Å². The molecule has 0 bridgehead atoms. The van der Waals surface area contributed by atoms with Gasteiger partial charge in [-0.25, -0.2) is 4.98 Å². The fourth-order valence-electron chi connectivity index (χ4n) is 4.01. The molecule has 30 heavy (non-hydrogen) atoms. The molecule has 0 amide bonds. The number of aliphatic hydroxyl groups excluding tert-OH is 1. The van der Waals surface area contributed by atoms with Crippen molar-refractivity contribution in [1.82, 2.24) is 9.97 Å². The SMILES string of the molecule is C/C(=C\c1ncc(C2=NC(CO)C(OC(C)C)CCC2)nc1C)C1(C(F)(F)F)CC1. The molecule has 2 atom stereocenters. The summed E-state index contributed by atoms with van der Waals surface area (Å²) in [6.07, 6.45) is 1.31. The molecular weight excluding hydrogens is 395 g/mol. The minimum Gasteiger partial charge on any atom is -0.394 e. The summed E-state index contributed by atoms with van der Waals surface area (Å²) in [5, 5.41) is 9.79. The summed E-state index contributed by atoms with van der Waals surface area (Å²) < 4.78 is 46.0. The van der Waals surface area contributed by atoms with Crippen molar-refractivity contribution in [1.29, 1.82) is 0 Å². The number of hydrogen-bond donors (Lipinski definition) is 1. The number of alkyl halides is 3. The number of halogens is 3. The highest BCUT2D eigenvalue weighted by molar-refractivity contribution is 5.99. The van der Waals surface area contributed by atoms with Crippen molar-refractivity contribution in [3.05, 3.63) is 28.9 Å². The highest BCUT2D eigenvalue weighted by atomic mass is 19.4. The van der Waals surface area contributed by atoms with Crippen molar-refractivity contribution in [2.45, 2.75) is 84.2 Å². The monoisotopic (exact) mass is 425 g/mol. The molecule has 1 N–H and O–H groups in total. The lowest BCUT2D eigenvalue weighted by Crippen LogP contribution is -2.32. The van der Waals surface area contributed by atoms with E-state index >= 15 is 0 Å². The normalized spacial score (nSPS) is 24.6. The van der Waals surface area contributed by atoms with Crippen molar-refractivity contribution in [2.75, 3.05) is 6.61 Å². The summed E-state index contributed by atoms with van der Waals surface area (Å²) in [4.78, 5) is 13.6. The van der Waals surface area contributed by atoms with Gasteiger partial charge in [-0.05, 0) is 65.9 Å². The topological polar surface area (TPSA) is 67.6 Å². The molecule has 8 heteroatoms. The second-order valence-electron chi connectivity index (χ2n) is 8.57. The van der Waals surface area contributed by atoms with Crippen molar-refractivity contribution >= 4 is 11.8 Å². The Morgan fingerprint density at radius 3 is 2.60 bits per heavy atom. The summed E-state index contributed by atoms with van der Waals surface area (Å²) in [7, 11) is 0. The molecular formula is C22H30F3N3O2. The minimum absolute atomic E-state index is 0.0450. The summed E-state index contributed by atoms with van der Waals surface area (Å²) in [6.45, 7) is 7.06. The summed E-state index contributed by atoms with van der Waals surface area (Å²) in [5.74, 6) is 0. The Kier molecular flexibility index (Phi) is 6.67. The van der Waals surface area contributed by atoms with Crippen LogP contribution in [0.2, 0.25) is 0 Å². The predicted octanol–water partition coefficient (Wildman–Crippen LogP) is 4.66. The smallest absolute Gasteiger partial charge is 0.394 e. The molecule has 1 aliphatic heterocycles. The molecule has 0 spiro atoms. The average molecular weight is 425 g/mol. The number of hydrogen-bond acceptors (Lipinski definition) is 5. The van der Waals surface area contributed by atoms with E-state index in [1.807, 2.05) is 13.8 Å². The Balaban J connectivity index is 1.84. The number of aromatic nitrogens is 2. The molecule has 0 aromatic carbocycles. The highest BCUT2D eigenvalue weighted by Gasteiger charge is 2.64. The second-order valence-corrected chi connectivity index (χ2v) is 8.57. The minimum atomic E-state index is -4.24. The van der Waals surface area contributed by atoms with E-state index in [2.05, 4.69) is 15.0 Å². The zero-order valence-electron chi connectivity index (χ0n) is 18.0. The van der Waals surface area contributed by atoms with Crippen molar-refractivity contribution in [3.8, 4) is 0 Å². The standard InChI is InChI=1S/C22H30F3N3O2/c1-13(2)30-20-7-5-6-16(28-19(20)12-29)18-11-26-17(15(4)27-18)10-14(3)21(8-9-21)22(23,24)25/h10-11,13,19-20,29H,5-9,12H2,1-4H3/b14-10+. The molecule has 166 valence electrons. The largest absolute Gasteiger partial charge is 0.398 e. The van der Waals surface area contributed by atoms with Crippen LogP contribution in [0, 0.1) is 12.3 Å². The van der Waals surface area contributed by atoms with Gasteiger partial charge in [-0.3, -0.25) is 9.98 Å². The van der Waals surface area contributed by atoms with E-state index < -0.39 is 11.6 Å². The van der Waals surface area contributed by atoms with Gasteiger partial charge in [0, 0.05) is 0 Å². The maximum absolute atomic E-state index is 13.4. The number of allylic oxidation sites excluding steroid dienone is 1. The quantitative estimate of drug-likeness (QED) is 0.720. The van der Waals surface area contributed by atoms with Gasteiger partial charge < -0.3 is 9.84 Å². The third kappa shape index (κ3) is 4.75. The van der Waals surface area contributed by atoms with E-state index in [-0.39, 0.29) is 43.3 Å². The Morgan fingerprint density at radius 2 is 2.07 bits per heavy atom. The molecule has 2 aliphatic rings. The van der Waals surface area contributed by atoms with E-state index in [1.54, 1.807) is 13.1 Å². The lowest BCUT2D eigenvalue weighted by atomic mass is 9.95. The fourth-order valence-corrected chi connectivity index (χ4v) is 4.01. The number of rotatable bonds is 6. The van der Waals surface area contributed by atoms with Gasteiger partial charge in [0.1, 0.15) is 5.69 Å². The molecule has 1 saturated carbocycles. The van der Waals surface area contributed by atoms with E-state index in [4.69, 9.17) is 4.74 Å². The zero-order valence-corrected chi connectivity index (χ0v) is 18.0. The third-order valence-corrected chi connectivity index (χ3v) is 5.97. The van der Waals surface area contributed by atoms with Crippen LogP contribution >= 0.6 is 0 Å². The van der Waals surface area contributed by atoms with E-state index in [0.717, 1.165) is 18.6 Å². The van der Waals surface area contributed by atoms with Gasteiger partial charge in [0.2, 0.25) is 0 Å². The molecule has 1 aromatic rings. The van der Waals surface area contributed by atoms with Crippen molar-refractivity contribution in [3.63, 3.8) is 0 Å². The molecule has 1 fully saturated rings. The fraction of sp³-hybridized carbons (Fsp3) is 0.682. The molecule has 0 radical (unpaired) electrons. The van der Waals surface area contributed by atoms with Crippen molar-refractivity contribution < 1.29 is 23.0 Å². The molecule has 5 nitrogen and oxygen atoms in total. The second kappa shape index (κ2) is 8.75. The summed E-state index contributed by atoms with van der Waals surface area (Å²) in [6, 6.07) is -0.365. The Morgan fingerprint density at radius 1 is 1.37 bits per heavy atom. The maximum Gasteiger partial charge on any atom is 0.398 e. The van der Waals surface area contributed by atoms with Crippen LogP contribution in [0.1, 0.15) is 70.0 Å². The van der Waals surface area contributed by atoms with Crippen LogP contribution in [0.4, 0.5) is 13.2 Å². The number of aliphatic imine (C=N–C) groups is 1. The van der Waals surface area contributed by atoms with E-state index in [9.17, 15) is 18.3 Å². The molecule has 1 aliphatic carbocycles. The van der Waals surface area contributed by atoms with Gasteiger partial charge in [-0.15, -0.1) is 0 Å². The first kappa shape index (κ1) is 22.9. The van der Waals surface area contributed by atoms with E-state index in [1.165, 1.54) is 13.0 Å². The molecule has 1 aromatic heterocycles. The Labute approximate surface area is 175 Å². The van der Waals surface area contributed by atoms with Crippen LogP contribution in [-0.2, 0) is 4.74 Å². The lowest BCUT2D eigenvalue weighted by molar-refractivity contribution is -0.174. The summed E-state index contributed by atoms with van der Waals surface area (Å²) >= 11 is 0. The first-order valence-electron chi connectivity index (χ1n) is 10.5. The summed E-state index contributed by atoms with van der Waals surface area (Å²) in [5.41, 5.74) is 0.933. The number of aryl methyl sites for hydroxylation is 1. The van der Waals surface area contributed by atoms with Crippen LogP contribution in [0.15, 0.2) is 16.8 Å². The van der Waals surface area contributed by atoms with Gasteiger partial charge in [0.25, 0.3) is 0 Å².